The van der Waals surface area contributed by atoms with Gasteiger partial charge in [-0.25, -0.2) is 4.39 Å². The van der Waals surface area contributed by atoms with E-state index < -0.39 is 23.5 Å². The first-order chi connectivity index (χ1) is 15.9. The lowest BCUT2D eigenvalue weighted by atomic mass is 9.94. The van der Waals surface area contributed by atoms with Crippen molar-refractivity contribution in [3.8, 4) is 5.75 Å². The number of ketones is 1. The maximum absolute atomic E-state index is 14.9. The second-order valence-corrected chi connectivity index (χ2v) is 8.22. The van der Waals surface area contributed by atoms with Crippen LogP contribution in [0.25, 0.3) is 5.76 Å². The summed E-state index contributed by atoms with van der Waals surface area (Å²) in [6.07, 6.45) is 2.26. The zero-order valence-corrected chi connectivity index (χ0v) is 17.9. The Morgan fingerprint density at radius 3 is 2.70 bits per heavy atom. The minimum absolute atomic E-state index is 0.00324. The van der Waals surface area contributed by atoms with Crippen LogP contribution in [0.2, 0.25) is 0 Å². The number of pyridine rings is 1. The lowest BCUT2D eigenvalue weighted by Crippen LogP contribution is -2.30. The molecular weight excluding hydrogens is 423 g/mol. The van der Waals surface area contributed by atoms with Crippen LogP contribution in [0.1, 0.15) is 35.3 Å². The number of aliphatic hydroxyl groups excluding tert-OH is 1. The molecule has 0 radical (unpaired) electrons. The Morgan fingerprint density at radius 1 is 1.15 bits per heavy atom. The van der Waals surface area contributed by atoms with Crippen molar-refractivity contribution in [3.05, 3.63) is 101 Å². The molecule has 6 nitrogen and oxygen atoms in total. The van der Waals surface area contributed by atoms with E-state index in [2.05, 4.69) is 4.98 Å². The number of carbonyl (C=O) groups excluding carboxylic acids is 2. The quantitative estimate of drug-likeness (QED) is 0.371. The Morgan fingerprint density at radius 2 is 1.94 bits per heavy atom. The first kappa shape index (κ1) is 20.9. The van der Waals surface area contributed by atoms with Gasteiger partial charge in [0.05, 0.1) is 23.9 Å². The van der Waals surface area contributed by atoms with Gasteiger partial charge in [-0.1, -0.05) is 24.3 Å². The number of rotatable bonds is 4. The van der Waals surface area contributed by atoms with Crippen LogP contribution in [-0.4, -0.2) is 32.8 Å². The molecule has 0 spiro atoms. The van der Waals surface area contributed by atoms with E-state index in [4.69, 9.17) is 4.74 Å². The minimum Gasteiger partial charge on any atom is -0.507 e. The maximum atomic E-state index is 14.9. The van der Waals surface area contributed by atoms with Gasteiger partial charge in [-0.3, -0.25) is 14.6 Å². The second kappa shape index (κ2) is 8.16. The number of halogens is 1. The van der Waals surface area contributed by atoms with Gasteiger partial charge in [-0.15, -0.1) is 0 Å². The fourth-order valence-electron chi connectivity index (χ4n) is 4.45. The molecule has 1 saturated heterocycles. The fraction of sp³-hybridized carbons (Fsp3) is 0.192. The van der Waals surface area contributed by atoms with Crippen LogP contribution >= 0.6 is 0 Å². The van der Waals surface area contributed by atoms with E-state index in [0.717, 1.165) is 11.3 Å². The number of carbonyl (C=O) groups is 2. The summed E-state index contributed by atoms with van der Waals surface area (Å²) in [6.45, 7) is 1.94. The van der Waals surface area contributed by atoms with Gasteiger partial charge >= 0.3 is 0 Å². The molecule has 5 rings (SSSR count). The van der Waals surface area contributed by atoms with Crippen molar-refractivity contribution in [2.45, 2.75) is 32.0 Å². The molecule has 0 aliphatic carbocycles. The standard InChI is InChI=1S/C26H21FN2O4/c1-15-12-17-13-16(9-10-21(17)33-15)24(30)22-23(19-7-2-3-8-20(19)27)29(26(32)25(22)31)14-18-6-4-5-11-28-18/h2-11,13,15,23,30H,12,14H2,1H3/b24-22+. The Bertz CT molecular complexity index is 1290. The molecule has 2 aliphatic heterocycles. The summed E-state index contributed by atoms with van der Waals surface area (Å²) in [7, 11) is 0. The Kier molecular flexibility index (Phi) is 5.17. The number of hydrogen-bond donors (Lipinski definition) is 1. The second-order valence-electron chi connectivity index (χ2n) is 8.22. The van der Waals surface area contributed by atoms with E-state index in [9.17, 15) is 19.1 Å². The average Bonchev–Trinajstić information content (AvgIpc) is 3.31. The number of ether oxygens (including phenoxy) is 1. The summed E-state index contributed by atoms with van der Waals surface area (Å²) < 4.78 is 20.6. The highest BCUT2D eigenvalue weighted by atomic mass is 19.1. The number of hydrogen-bond acceptors (Lipinski definition) is 5. The summed E-state index contributed by atoms with van der Waals surface area (Å²) in [6, 6.07) is 15.2. The molecule has 1 amide bonds. The zero-order valence-electron chi connectivity index (χ0n) is 17.9. The summed E-state index contributed by atoms with van der Waals surface area (Å²) in [5, 5.41) is 11.2. The summed E-state index contributed by atoms with van der Waals surface area (Å²) in [5.41, 5.74) is 1.81. The first-order valence-electron chi connectivity index (χ1n) is 10.7. The molecule has 2 unspecified atom stereocenters. The molecule has 2 aliphatic rings. The van der Waals surface area contributed by atoms with Crippen molar-refractivity contribution in [3.63, 3.8) is 0 Å². The molecule has 166 valence electrons. The zero-order chi connectivity index (χ0) is 23.1. The van der Waals surface area contributed by atoms with Crippen LogP contribution < -0.4 is 4.74 Å². The molecular formula is C26H21FN2O4. The highest BCUT2D eigenvalue weighted by Gasteiger charge is 2.47. The average molecular weight is 444 g/mol. The smallest absolute Gasteiger partial charge is 0.296 e. The number of aromatic nitrogens is 1. The molecule has 2 aromatic carbocycles. The van der Waals surface area contributed by atoms with Crippen LogP contribution in [0.15, 0.2) is 72.4 Å². The first-order valence-corrected chi connectivity index (χ1v) is 10.7. The minimum atomic E-state index is -1.09. The molecule has 1 N–H and O–H groups in total. The molecule has 1 aromatic heterocycles. The third kappa shape index (κ3) is 3.65. The van der Waals surface area contributed by atoms with E-state index in [1.165, 1.54) is 23.1 Å². The summed E-state index contributed by atoms with van der Waals surface area (Å²) in [4.78, 5) is 31.7. The van der Waals surface area contributed by atoms with Crippen LogP contribution in [0.5, 0.6) is 5.75 Å². The van der Waals surface area contributed by atoms with Crippen LogP contribution in [0.3, 0.4) is 0 Å². The van der Waals surface area contributed by atoms with Crippen molar-refractivity contribution in [1.82, 2.24) is 9.88 Å². The van der Waals surface area contributed by atoms with Crippen molar-refractivity contribution in [2.75, 3.05) is 0 Å². The van der Waals surface area contributed by atoms with E-state index in [-0.39, 0.29) is 29.5 Å². The number of amides is 1. The highest BCUT2D eigenvalue weighted by molar-refractivity contribution is 6.46. The fourth-order valence-corrected chi connectivity index (χ4v) is 4.45. The van der Waals surface area contributed by atoms with Gasteiger partial charge in [0.15, 0.2) is 0 Å². The third-order valence-corrected chi connectivity index (χ3v) is 5.97. The molecule has 3 aromatic rings. The van der Waals surface area contributed by atoms with E-state index >= 15 is 0 Å². The molecule has 1 fully saturated rings. The number of aliphatic hydroxyl groups is 1. The summed E-state index contributed by atoms with van der Waals surface area (Å²) >= 11 is 0. The Hall–Kier alpha value is -4.00. The molecule has 0 saturated carbocycles. The van der Waals surface area contributed by atoms with Crippen molar-refractivity contribution in [2.24, 2.45) is 0 Å². The number of benzene rings is 2. The highest BCUT2D eigenvalue weighted by Crippen LogP contribution is 2.41. The Balaban J connectivity index is 1.65. The summed E-state index contributed by atoms with van der Waals surface area (Å²) in [5.74, 6) is -1.86. The maximum Gasteiger partial charge on any atom is 0.296 e. The lowest BCUT2D eigenvalue weighted by molar-refractivity contribution is -0.140. The van der Waals surface area contributed by atoms with Gasteiger partial charge in [0.1, 0.15) is 23.4 Å². The number of Topliss-reactive ketones (excluding diaryl/α,β-unsaturated/α-hetero) is 1. The Labute approximate surface area is 190 Å². The predicted molar refractivity (Wildman–Crippen MR) is 119 cm³/mol. The monoisotopic (exact) mass is 444 g/mol. The predicted octanol–water partition coefficient (Wildman–Crippen LogP) is 4.17. The van der Waals surface area contributed by atoms with Crippen LogP contribution in [0.4, 0.5) is 4.39 Å². The van der Waals surface area contributed by atoms with Gasteiger partial charge in [0.2, 0.25) is 0 Å². The topological polar surface area (TPSA) is 79.7 Å². The van der Waals surface area contributed by atoms with Crippen LogP contribution in [0, 0.1) is 5.82 Å². The van der Waals surface area contributed by atoms with Crippen molar-refractivity contribution >= 4 is 17.4 Å². The molecule has 2 atom stereocenters. The van der Waals surface area contributed by atoms with Crippen LogP contribution in [-0.2, 0) is 22.6 Å². The van der Waals surface area contributed by atoms with Gasteiger partial charge in [0, 0.05) is 23.7 Å². The van der Waals surface area contributed by atoms with Gasteiger partial charge < -0.3 is 14.7 Å². The number of fused-ring (bicyclic) bond motifs is 1. The van der Waals surface area contributed by atoms with Gasteiger partial charge in [0.25, 0.3) is 11.7 Å². The van der Waals surface area contributed by atoms with Gasteiger partial charge in [-0.2, -0.15) is 0 Å². The molecule has 7 heteroatoms. The molecule has 33 heavy (non-hydrogen) atoms. The lowest BCUT2D eigenvalue weighted by Gasteiger charge is -2.25. The van der Waals surface area contributed by atoms with Crippen molar-refractivity contribution in [1.29, 1.82) is 0 Å². The number of likely N-dealkylation sites (tertiary alicyclic amines) is 1. The third-order valence-electron chi connectivity index (χ3n) is 5.97. The molecule has 0 bridgehead atoms. The largest absolute Gasteiger partial charge is 0.507 e. The molecule has 3 heterocycles. The van der Waals surface area contributed by atoms with Crippen molar-refractivity contribution < 1.29 is 23.8 Å². The van der Waals surface area contributed by atoms with E-state index in [1.807, 2.05) is 6.92 Å². The van der Waals surface area contributed by atoms with E-state index in [0.29, 0.717) is 17.7 Å². The van der Waals surface area contributed by atoms with Gasteiger partial charge in [-0.05, 0) is 48.9 Å². The number of nitrogens with zero attached hydrogens (tertiary/aromatic N) is 2. The van der Waals surface area contributed by atoms with E-state index in [1.54, 1.807) is 48.7 Å². The SMILES string of the molecule is CC1Cc2cc(/C(O)=C3\C(=O)C(=O)N(Cc4ccccn4)C3c3ccccc3F)ccc2O1. The normalized spacial score (nSPS) is 21.2.